The van der Waals surface area contributed by atoms with E-state index in [1.165, 1.54) is 35.4 Å². The van der Waals surface area contributed by atoms with Gasteiger partial charge in [0.1, 0.15) is 12.1 Å². The van der Waals surface area contributed by atoms with Crippen LogP contribution in [0.1, 0.15) is 36.1 Å². The average Bonchev–Trinajstić information content (AvgIpc) is 3.68. The first-order valence-corrected chi connectivity index (χ1v) is 19.1. The Morgan fingerprint density at radius 2 is 0.904 bits per heavy atom. The standard InChI is InChI=1S/C40H40N6O4S2/c1-25(47)43-35(37(49)41-23-27-13-5-3-6-14-27)21-31-29-17-9-11-19-33(29)45-39(31)51-52-40-32(30-18-10-12-20-34(30)46-40)22-36(44-26(2)48)38(50)42-24-28-15-7-4-8-16-28/h3-20,35-36,45-46H,21-24H2,1-2H3,(H,41,49)(H,42,50)(H,43,47)(H,44,48)/t35-,36+. The molecule has 12 heteroatoms. The van der Waals surface area contributed by atoms with Crippen LogP contribution in [0.25, 0.3) is 21.8 Å². The highest BCUT2D eigenvalue weighted by Gasteiger charge is 2.26. The minimum Gasteiger partial charge on any atom is -0.350 e. The Balaban J connectivity index is 1.26. The Bertz CT molecular complexity index is 2030. The van der Waals surface area contributed by atoms with E-state index in [4.69, 9.17) is 0 Å². The van der Waals surface area contributed by atoms with Crippen LogP contribution in [0.5, 0.6) is 0 Å². The molecule has 0 aliphatic heterocycles. The molecule has 52 heavy (non-hydrogen) atoms. The maximum absolute atomic E-state index is 13.5. The Morgan fingerprint density at radius 3 is 1.29 bits per heavy atom. The van der Waals surface area contributed by atoms with E-state index in [0.717, 1.165) is 54.1 Å². The van der Waals surface area contributed by atoms with Gasteiger partial charge in [-0.2, -0.15) is 0 Å². The van der Waals surface area contributed by atoms with Crippen LogP contribution in [0.3, 0.4) is 0 Å². The van der Waals surface area contributed by atoms with Gasteiger partial charge in [-0.25, -0.2) is 0 Å². The van der Waals surface area contributed by atoms with Crippen molar-refractivity contribution in [1.82, 2.24) is 31.2 Å². The molecule has 0 saturated carbocycles. The molecule has 6 rings (SSSR count). The quantitative estimate of drug-likeness (QED) is 0.0696. The van der Waals surface area contributed by atoms with Gasteiger partial charge in [0.15, 0.2) is 0 Å². The largest absolute Gasteiger partial charge is 0.350 e. The Labute approximate surface area is 309 Å². The van der Waals surface area contributed by atoms with E-state index < -0.39 is 12.1 Å². The maximum atomic E-state index is 13.5. The van der Waals surface area contributed by atoms with Gasteiger partial charge in [0.25, 0.3) is 0 Å². The number of fused-ring (bicyclic) bond motifs is 2. The van der Waals surface area contributed by atoms with Crippen molar-refractivity contribution >= 4 is 67.0 Å². The summed E-state index contributed by atoms with van der Waals surface area (Å²) >= 11 is 0. The number of aromatic amines is 2. The number of hydrogen-bond acceptors (Lipinski definition) is 6. The van der Waals surface area contributed by atoms with Crippen molar-refractivity contribution in [3.8, 4) is 0 Å². The van der Waals surface area contributed by atoms with Crippen LogP contribution in [-0.4, -0.2) is 45.7 Å². The van der Waals surface area contributed by atoms with Crippen molar-refractivity contribution < 1.29 is 19.2 Å². The highest BCUT2D eigenvalue weighted by molar-refractivity contribution is 8.76. The molecule has 0 bridgehead atoms. The fourth-order valence-corrected chi connectivity index (χ4v) is 8.53. The molecule has 2 aromatic heterocycles. The summed E-state index contributed by atoms with van der Waals surface area (Å²) in [6, 6.07) is 33.4. The van der Waals surface area contributed by atoms with Gasteiger partial charge in [-0.1, -0.05) is 97.1 Å². The van der Waals surface area contributed by atoms with Gasteiger partial charge >= 0.3 is 0 Å². The predicted octanol–water partition coefficient (Wildman–Crippen LogP) is 6.18. The number of rotatable bonds is 15. The van der Waals surface area contributed by atoms with Crippen LogP contribution in [-0.2, 0) is 45.1 Å². The molecule has 0 spiro atoms. The van der Waals surface area contributed by atoms with E-state index in [1.807, 2.05) is 109 Å². The van der Waals surface area contributed by atoms with Gasteiger partial charge < -0.3 is 31.2 Å². The molecule has 4 aromatic carbocycles. The summed E-state index contributed by atoms with van der Waals surface area (Å²) in [4.78, 5) is 58.6. The number of benzene rings is 4. The van der Waals surface area contributed by atoms with Crippen molar-refractivity contribution in [3.63, 3.8) is 0 Å². The van der Waals surface area contributed by atoms with Crippen LogP contribution in [0, 0.1) is 0 Å². The molecule has 0 radical (unpaired) electrons. The molecule has 0 saturated heterocycles. The molecular formula is C40H40N6O4S2. The first-order valence-electron chi connectivity index (χ1n) is 17.0. The summed E-state index contributed by atoms with van der Waals surface area (Å²) in [7, 11) is 2.99. The highest BCUT2D eigenvalue weighted by Crippen LogP contribution is 2.44. The molecule has 2 atom stereocenters. The summed E-state index contributed by atoms with van der Waals surface area (Å²) < 4.78 is 0. The monoisotopic (exact) mass is 732 g/mol. The first-order chi connectivity index (χ1) is 25.2. The van der Waals surface area contributed by atoms with E-state index in [1.54, 1.807) is 0 Å². The maximum Gasteiger partial charge on any atom is 0.243 e. The van der Waals surface area contributed by atoms with Crippen LogP contribution in [0.4, 0.5) is 0 Å². The number of aromatic nitrogens is 2. The van der Waals surface area contributed by atoms with Gasteiger partial charge in [-0.3, -0.25) is 19.2 Å². The zero-order valence-corrected chi connectivity index (χ0v) is 30.5. The first kappa shape index (κ1) is 36.3. The lowest BCUT2D eigenvalue weighted by atomic mass is 10.0. The molecular weight excluding hydrogens is 693 g/mol. The minimum absolute atomic E-state index is 0.263. The summed E-state index contributed by atoms with van der Waals surface area (Å²) in [5, 5.41) is 15.2. The van der Waals surface area contributed by atoms with Crippen molar-refractivity contribution in [2.45, 2.75) is 61.9 Å². The predicted molar refractivity (Wildman–Crippen MR) is 208 cm³/mol. The fraction of sp³-hybridized carbons (Fsp3) is 0.200. The van der Waals surface area contributed by atoms with E-state index >= 15 is 0 Å². The number of para-hydroxylation sites is 2. The summed E-state index contributed by atoms with van der Waals surface area (Å²) in [5.74, 6) is -1.15. The molecule has 10 nitrogen and oxygen atoms in total. The van der Waals surface area contributed by atoms with Crippen molar-refractivity contribution in [2.75, 3.05) is 0 Å². The molecule has 266 valence electrons. The normalized spacial score (nSPS) is 12.3. The summed E-state index contributed by atoms with van der Waals surface area (Å²) in [6.45, 7) is 3.50. The molecule has 2 heterocycles. The third-order valence-corrected chi connectivity index (χ3v) is 10.9. The second kappa shape index (κ2) is 17.2. The zero-order valence-electron chi connectivity index (χ0n) is 28.8. The molecule has 0 aliphatic rings. The SMILES string of the molecule is CC(=O)N[C@@H](Cc1c(SSc2[nH]c3ccccc3c2C[C@@H](NC(C)=O)C(=O)NCc2ccccc2)[nH]c2ccccc12)C(=O)NCc1ccccc1. The molecule has 0 aliphatic carbocycles. The number of carbonyl (C=O) groups is 4. The smallest absolute Gasteiger partial charge is 0.243 e. The number of H-pyrrole nitrogens is 2. The topological polar surface area (TPSA) is 148 Å². The van der Waals surface area contributed by atoms with Crippen LogP contribution < -0.4 is 21.3 Å². The van der Waals surface area contributed by atoms with Crippen LogP contribution in [0.2, 0.25) is 0 Å². The van der Waals surface area contributed by atoms with E-state index in [9.17, 15) is 19.2 Å². The number of hydrogen-bond donors (Lipinski definition) is 6. The van der Waals surface area contributed by atoms with Crippen LogP contribution >= 0.6 is 21.6 Å². The van der Waals surface area contributed by atoms with E-state index in [-0.39, 0.29) is 36.5 Å². The Kier molecular flexibility index (Phi) is 12.0. The molecule has 0 unspecified atom stereocenters. The third kappa shape index (κ3) is 9.25. The lowest BCUT2D eigenvalue weighted by Gasteiger charge is -2.19. The number of carbonyl (C=O) groups excluding carboxylic acids is 4. The van der Waals surface area contributed by atoms with E-state index in [0.29, 0.717) is 13.1 Å². The Morgan fingerprint density at radius 1 is 0.538 bits per heavy atom. The van der Waals surface area contributed by atoms with Gasteiger partial charge in [-0.15, -0.1) is 0 Å². The van der Waals surface area contributed by atoms with Crippen molar-refractivity contribution in [1.29, 1.82) is 0 Å². The molecule has 4 amide bonds. The van der Waals surface area contributed by atoms with Gasteiger partial charge in [-0.05, 0) is 56.0 Å². The lowest BCUT2D eigenvalue weighted by molar-refractivity contribution is -0.128. The highest BCUT2D eigenvalue weighted by atomic mass is 33.1. The van der Waals surface area contributed by atoms with Crippen molar-refractivity contribution in [2.24, 2.45) is 0 Å². The molecule has 0 fully saturated rings. The second-order valence-corrected chi connectivity index (χ2v) is 14.6. The summed E-state index contributed by atoms with van der Waals surface area (Å²) in [6.07, 6.45) is 0.526. The van der Waals surface area contributed by atoms with Crippen LogP contribution in [0.15, 0.2) is 119 Å². The van der Waals surface area contributed by atoms with Crippen molar-refractivity contribution in [3.05, 3.63) is 131 Å². The molecule has 6 aromatic rings. The minimum atomic E-state index is -0.804. The number of amides is 4. The third-order valence-electron chi connectivity index (χ3n) is 8.58. The second-order valence-electron chi connectivity index (χ2n) is 12.4. The zero-order chi connectivity index (χ0) is 36.5. The fourth-order valence-electron chi connectivity index (χ4n) is 6.12. The Hall–Kier alpha value is -5.46. The molecule has 6 N–H and O–H groups in total. The van der Waals surface area contributed by atoms with Gasteiger partial charge in [0, 0.05) is 61.6 Å². The van der Waals surface area contributed by atoms with Gasteiger partial charge in [0.05, 0.1) is 10.1 Å². The average molecular weight is 733 g/mol. The van der Waals surface area contributed by atoms with E-state index in [2.05, 4.69) is 31.2 Å². The number of nitrogens with one attached hydrogen (secondary N) is 6. The lowest BCUT2D eigenvalue weighted by Crippen LogP contribution is -2.47. The summed E-state index contributed by atoms with van der Waals surface area (Å²) in [5.41, 5.74) is 5.53. The van der Waals surface area contributed by atoms with Gasteiger partial charge in [0.2, 0.25) is 23.6 Å².